The van der Waals surface area contributed by atoms with Gasteiger partial charge in [0.05, 0.1) is 23.8 Å². The van der Waals surface area contributed by atoms with Gasteiger partial charge in [-0.2, -0.15) is 0 Å². The second-order valence-corrected chi connectivity index (χ2v) is 6.47. The van der Waals surface area contributed by atoms with Crippen molar-refractivity contribution in [1.82, 2.24) is 0 Å². The van der Waals surface area contributed by atoms with Crippen LogP contribution in [0, 0.1) is 10.1 Å². The molecule has 1 saturated heterocycles. The van der Waals surface area contributed by atoms with Gasteiger partial charge in [0, 0.05) is 30.8 Å². The number of amides is 2. The molecule has 4 rings (SSSR count). The number of methoxy groups -OCH3 is 1. The van der Waals surface area contributed by atoms with E-state index < -0.39 is 16.5 Å². The number of carbonyl (C=O) groups excluding carboxylic acids is 2. The first-order valence-corrected chi connectivity index (χ1v) is 8.85. The minimum Gasteiger partial charge on any atom is -0.494 e. The molecule has 2 amide bonds. The number of nitro groups is 1. The topological polar surface area (TPSA) is 120 Å². The Morgan fingerprint density at radius 1 is 1.24 bits per heavy atom. The normalized spacial score (nSPS) is 14.8. The zero-order valence-electron chi connectivity index (χ0n) is 15.5. The summed E-state index contributed by atoms with van der Waals surface area (Å²) < 4.78 is 15.7. The van der Waals surface area contributed by atoms with Crippen molar-refractivity contribution in [3.8, 4) is 17.2 Å². The molecule has 0 aliphatic carbocycles. The smallest absolute Gasteiger partial charge is 0.286 e. The summed E-state index contributed by atoms with van der Waals surface area (Å²) in [5.74, 6) is 0.229. The lowest BCUT2D eigenvalue weighted by Crippen LogP contribution is -2.24. The minimum absolute atomic E-state index is 0.0103. The van der Waals surface area contributed by atoms with Crippen LogP contribution >= 0.6 is 0 Å². The molecule has 0 radical (unpaired) electrons. The number of nitrogens with zero attached hydrogens (tertiary/aromatic N) is 2. The molecule has 2 aromatic carbocycles. The molecule has 29 heavy (non-hydrogen) atoms. The van der Waals surface area contributed by atoms with Crippen molar-refractivity contribution < 1.29 is 28.7 Å². The molecule has 150 valence electrons. The van der Waals surface area contributed by atoms with Gasteiger partial charge in [-0.15, -0.1) is 0 Å². The van der Waals surface area contributed by atoms with Gasteiger partial charge in [0.25, 0.3) is 11.6 Å². The predicted molar refractivity (Wildman–Crippen MR) is 102 cm³/mol. The summed E-state index contributed by atoms with van der Waals surface area (Å²) in [5.41, 5.74) is 0.436. The summed E-state index contributed by atoms with van der Waals surface area (Å²) in [6.07, 6.45) is 1.25. The number of carbonyl (C=O) groups is 2. The van der Waals surface area contributed by atoms with Crippen LogP contribution in [0.4, 0.5) is 17.1 Å². The van der Waals surface area contributed by atoms with Crippen molar-refractivity contribution in [3.05, 3.63) is 46.0 Å². The van der Waals surface area contributed by atoms with Crippen molar-refractivity contribution in [2.24, 2.45) is 0 Å². The Hall–Kier alpha value is -3.82. The lowest BCUT2D eigenvalue weighted by atomic mass is 10.1. The molecular formula is C19H17N3O7. The number of benzene rings is 2. The maximum atomic E-state index is 12.7. The van der Waals surface area contributed by atoms with Crippen LogP contribution in [-0.4, -0.2) is 37.2 Å². The van der Waals surface area contributed by atoms with Crippen LogP contribution in [0.15, 0.2) is 30.3 Å². The molecule has 2 aliphatic rings. The summed E-state index contributed by atoms with van der Waals surface area (Å²) >= 11 is 0. The van der Waals surface area contributed by atoms with E-state index in [9.17, 15) is 19.7 Å². The lowest BCUT2D eigenvalue weighted by molar-refractivity contribution is -0.385. The molecule has 0 aromatic heterocycles. The van der Waals surface area contributed by atoms with E-state index in [-0.39, 0.29) is 29.8 Å². The van der Waals surface area contributed by atoms with Crippen LogP contribution in [0.5, 0.6) is 17.2 Å². The Balaban J connectivity index is 1.62. The zero-order chi connectivity index (χ0) is 20.5. The van der Waals surface area contributed by atoms with Crippen molar-refractivity contribution in [2.75, 3.05) is 30.7 Å². The lowest BCUT2D eigenvalue weighted by Gasteiger charge is -2.19. The first-order chi connectivity index (χ1) is 14.0. The van der Waals surface area contributed by atoms with E-state index in [0.29, 0.717) is 30.1 Å². The van der Waals surface area contributed by atoms with Crippen LogP contribution in [-0.2, 0) is 4.79 Å². The average Bonchev–Trinajstić information content (AvgIpc) is 3.34. The van der Waals surface area contributed by atoms with E-state index in [4.69, 9.17) is 14.2 Å². The molecule has 2 aromatic rings. The molecular weight excluding hydrogens is 382 g/mol. The molecule has 0 atom stereocenters. The summed E-state index contributed by atoms with van der Waals surface area (Å²) in [6.45, 7) is 0.537. The molecule has 0 saturated carbocycles. The fourth-order valence-corrected chi connectivity index (χ4v) is 3.34. The number of nitrogens with one attached hydrogen (secondary N) is 1. The third-order valence-corrected chi connectivity index (χ3v) is 4.73. The Labute approximate surface area is 165 Å². The third kappa shape index (κ3) is 3.40. The molecule has 0 unspecified atom stereocenters. The molecule has 2 heterocycles. The van der Waals surface area contributed by atoms with Crippen molar-refractivity contribution in [2.45, 2.75) is 12.8 Å². The second kappa shape index (κ2) is 7.30. The van der Waals surface area contributed by atoms with Crippen LogP contribution in [0.2, 0.25) is 0 Å². The number of hydrogen-bond acceptors (Lipinski definition) is 7. The van der Waals surface area contributed by atoms with Crippen molar-refractivity contribution in [3.63, 3.8) is 0 Å². The van der Waals surface area contributed by atoms with Crippen LogP contribution in [0.1, 0.15) is 23.2 Å². The predicted octanol–water partition coefficient (Wildman–Crippen LogP) is 2.71. The van der Waals surface area contributed by atoms with E-state index in [0.717, 1.165) is 6.42 Å². The van der Waals surface area contributed by atoms with Crippen molar-refractivity contribution >= 4 is 28.9 Å². The van der Waals surface area contributed by atoms with Gasteiger partial charge >= 0.3 is 0 Å². The Kier molecular flexibility index (Phi) is 4.67. The number of anilines is 2. The van der Waals surface area contributed by atoms with Gasteiger partial charge in [-0.1, -0.05) is 0 Å². The van der Waals surface area contributed by atoms with E-state index in [1.54, 1.807) is 23.1 Å². The number of nitro benzene ring substituents is 1. The summed E-state index contributed by atoms with van der Waals surface area (Å²) in [5, 5.41) is 14.0. The van der Waals surface area contributed by atoms with E-state index in [2.05, 4.69) is 5.32 Å². The van der Waals surface area contributed by atoms with Crippen LogP contribution < -0.4 is 24.4 Å². The van der Waals surface area contributed by atoms with Crippen molar-refractivity contribution in [1.29, 1.82) is 0 Å². The zero-order valence-corrected chi connectivity index (χ0v) is 15.5. The molecule has 10 nitrogen and oxygen atoms in total. The Morgan fingerprint density at radius 2 is 2.00 bits per heavy atom. The monoisotopic (exact) mass is 399 g/mol. The van der Waals surface area contributed by atoms with Gasteiger partial charge in [0.1, 0.15) is 11.3 Å². The molecule has 0 bridgehead atoms. The highest BCUT2D eigenvalue weighted by atomic mass is 16.7. The summed E-state index contributed by atoms with van der Waals surface area (Å²) in [4.78, 5) is 37.1. The largest absolute Gasteiger partial charge is 0.494 e. The molecule has 2 aliphatic heterocycles. The first kappa shape index (κ1) is 18.5. The summed E-state index contributed by atoms with van der Waals surface area (Å²) in [6, 6.07) is 7.30. The first-order valence-electron chi connectivity index (χ1n) is 8.85. The minimum atomic E-state index is -0.679. The van der Waals surface area contributed by atoms with E-state index >= 15 is 0 Å². The van der Waals surface area contributed by atoms with Crippen LogP contribution in [0.25, 0.3) is 0 Å². The van der Waals surface area contributed by atoms with Gasteiger partial charge < -0.3 is 24.4 Å². The van der Waals surface area contributed by atoms with E-state index in [1.165, 1.54) is 19.2 Å². The quantitative estimate of drug-likeness (QED) is 0.606. The maximum Gasteiger partial charge on any atom is 0.286 e. The molecule has 0 spiro atoms. The third-order valence-electron chi connectivity index (χ3n) is 4.73. The van der Waals surface area contributed by atoms with Gasteiger partial charge in [-0.05, 0) is 18.6 Å². The molecule has 1 N–H and O–H groups in total. The van der Waals surface area contributed by atoms with Crippen LogP contribution in [0.3, 0.4) is 0 Å². The summed E-state index contributed by atoms with van der Waals surface area (Å²) in [7, 11) is 1.47. The highest BCUT2D eigenvalue weighted by Gasteiger charge is 2.28. The number of fused-ring (bicyclic) bond motifs is 1. The molecule has 1 fully saturated rings. The number of ether oxygens (including phenoxy) is 3. The van der Waals surface area contributed by atoms with Gasteiger partial charge in [0.2, 0.25) is 12.7 Å². The number of hydrogen-bond donors (Lipinski definition) is 1. The Bertz CT molecular complexity index is 1020. The van der Waals surface area contributed by atoms with E-state index in [1.807, 2.05) is 0 Å². The highest BCUT2D eigenvalue weighted by Crippen LogP contribution is 2.39. The highest BCUT2D eigenvalue weighted by molar-refractivity contribution is 6.08. The average molecular weight is 399 g/mol. The second-order valence-electron chi connectivity index (χ2n) is 6.47. The van der Waals surface area contributed by atoms with Gasteiger partial charge in [-0.25, -0.2) is 0 Å². The molecule has 10 heteroatoms. The Morgan fingerprint density at radius 3 is 2.66 bits per heavy atom. The standard InChI is InChI=1S/C19H17N3O7/c1-27-15-7-11(4-5-13(15)21-6-2-3-18(21)23)20-19(24)12-8-16-17(29-10-28-16)9-14(12)22(25)26/h4-5,7-9H,2-3,6,10H2,1H3,(H,20,24). The fourth-order valence-electron chi connectivity index (χ4n) is 3.34. The maximum absolute atomic E-state index is 12.7. The fraction of sp³-hybridized carbons (Fsp3) is 0.263. The van der Waals surface area contributed by atoms with Gasteiger partial charge in [0.15, 0.2) is 11.5 Å². The van der Waals surface area contributed by atoms with Gasteiger partial charge in [-0.3, -0.25) is 19.7 Å². The SMILES string of the molecule is COc1cc(NC(=O)c2cc3c(cc2[N+](=O)[O-])OCO3)ccc1N1CCCC1=O. The number of rotatable bonds is 5.